The largest absolute Gasteiger partial charge is 0.493 e. The van der Waals surface area contributed by atoms with E-state index < -0.39 is 0 Å². The minimum absolute atomic E-state index is 0.0705. The normalized spacial score (nSPS) is 17.4. The van der Waals surface area contributed by atoms with Crippen LogP contribution < -0.4 is 10.1 Å². The van der Waals surface area contributed by atoms with E-state index in [0.717, 1.165) is 38.1 Å². The van der Waals surface area contributed by atoms with Gasteiger partial charge in [0.2, 0.25) is 5.91 Å². The average molecular weight is 346 g/mol. The Bertz CT molecular complexity index is 569. The molecule has 5 heteroatoms. The van der Waals surface area contributed by atoms with Crippen molar-refractivity contribution in [3.63, 3.8) is 0 Å². The van der Waals surface area contributed by atoms with Gasteiger partial charge in [-0.2, -0.15) is 0 Å². The maximum atomic E-state index is 12.0. The van der Waals surface area contributed by atoms with E-state index in [9.17, 15) is 9.59 Å². The first-order chi connectivity index (χ1) is 12.0. The van der Waals surface area contributed by atoms with Crippen LogP contribution in [0.4, 0.5) is 0 Å². The van der Waals surface area contributed by atoms with Gasteiger partial charge >= 0.3 is 0 Å². The fourth-order valence-corrected chi connectivity index (χ4v) is 3.06. The third-order valence-corrected chi connectivity index (χ3v) is 4.36. The molecule has 1 heterocycles. The summed E-state index contributed by atoms with van der Waals surface area (Å²) in [5, 5.41) is 2.87. The number of rotatable bonds is 7. The second-order valence-corrected chi connectivity index (χ2v) is 7.06. The maximum Gasteiger partial charge on any atom is 0.251 e. The van der Waals surface area contributed by atoms with E-state index in [1.165, 1.54) is 0 Å². The zero-order valence-corrected chi connectivity index (χ0v) is 15.6. The molecule has 0 saturated carbocycles. The van der Waals surface area contributed by atoms with Crippen molar-refractivity contribution >= 4 is 11.8 Å². The Morgan fingerprint density at radius 3 is 2.64 bits per heavy atom. The van der Waals surface area contributed by atoms with Crippen molar-refractivity contribution in [2.24, 2.45) is 5.92 Å². The van der Waals surface area contributed by atoms with Crippen LogP contribution in [-0.2, 0) is 4.79 Å². The molecular weight excluding hydrogens is 316 g/mol. The van der Waals surface area contributed by atoms with Crippen molar-refractivity contribution in [1.82, 2.24) is 10.2 Å². The molecule has 2 amide bonds. The number of ether oxygens (including phenoxy) is 1. The number of nitrogens with one attached hydrogen (secondary N) is 1. The van der Waals surface area contributed by atoms with Gasteiger partial charge in [0.15, 0.2) is 0 Å². The van der Waals surface area contributed by atoms with Crippen LogP contribution >= 0.6 is 0 Å². The van der Waals surface area contributed by atoms with Gasteiger partial charge in [0, 0.05) is 37.0 Å². The number of carbonyl (C=O) groups is 2. The zero-order valence-electron chi connectivity index (χ0n) is 15.6. The van der Waals surface area contributed by atoms with E-state index in [0.29, 0.717) is 24.5 Å². The number of benzene rings is 1. The summed E-state index contributed by atoms with van der Waals surface area (Å²) in [5.41, 5.74) is 0.634. The molecule has 1 aromatic carbocycles. The summed E-state index contributed by atoms with van der Waals surface area (Å²) in [6.45, 7) is 8.17. The molecule has 2 rings (SSSR count). The van der Waals surface area contributed by atoms with E-state index in [-0.39, 0.29) is 17.9 Å². The smallest absolute Gasteiger partial charge is 0.251 e. The number of likely N-dealkylation sites (tertiary alicyclic amines) is 1. The van der Waals surface area contributed by atoms with Crippen LogP contribution in [0.15, 0.2) is 24.3 Å². The second-order valence-electron chi connectivity index (χ2n) is 7.06. The average Bonchev–Trinajstić information content (AvgIpc) is 2.60. The molecule has 1 N–H and O–H groups in total. The molecule has 1 atom stereocenters. The zero-order chi connectivity index (χ0) is 18.2. The Kier molecular flexibility index (Phi) is 7.29. The molecule has 0 spiro atoms. The van der Waals surface area contributed by atoms with Crippen molar-refractivity contribution in [3.8, 4) is 5.75 Å². The third-order valence-electron chi connectivity index (χ3n) is 4.36. The van der Waals surface area contributed by atoms with E-state index in [4.69, 9.17) is 4.74 Å². The Morgan fingerprint density at radius 2 is 2.00 bits per heavy atom. The Balaban J connectivity index is 1.82. The lowest BCUT2D eigenvalue weighted by Crippen LogP contribution is -2.41. The van der Waals surface area contributed by atoms with Crippen LogP contribution in [0.25, 0.3) is 0 Å². The number of nitrogens with zero attached hydrogens (tertiary/aromatic N) is 1. The van der Waals surface area contributed by atoms with Crippen molar-refractivity contribution in [1.29, 1.82) is 0 Å². The van der Waals surface area contributed by atoms with E-state index >= 15 is 0 Å². The lowest BCUT2D eigenvalue weighted by Gasteiger charge is -2.32. The molecule has 1 aliphatic rings. The standard InChI is InChI=1S/C20H30N2O3/c1-4-6-19(23)22-12-5-7-16(13-22)14-25-18-10-8-17(9-11-18)20(24)21-15(2)3/h8-11,15-16H,4-7,12-14H2,1-3H3,(H,21,24)/t16-/m0/s1. The monoisotopic (exact) mass is 346 g/mol. The fraction of sp³-hybridized carbons (Fsp3) is 0.600. The molecule has 0 radical (unpaired) electrons. The molecule has 1 saturated heterocycles. The van der Waals surface area contributed by atoms with Crippen molar-refractivity contribution in [3.05, 3.63) is 29.8 Å². The quantitative estimate of drug-likeness (QED) is 0.824. The lowest BCUT2D eigenvalue weighted by molar-refractivity contribution is -0.133. The Hall–Kier alpha value is -2.04. The minimum atomic E-state index is -0.0705. The van der Waals surface area contributed by atoms with Gasteiger partial charge in [-0.15, -0.1) is 0 Å². The molecule has 0 bridgehead atoms. The first kappa shape index (κ1) is 19.3. The lowest BCUT2D eigenvalue weighted by atomic mass is 9.98. The van der Waals surface area contributed by atoms with Gasteiger partial charge in [-0.3, -0.25) is 9.59 Å². The number of piperidine rings is 1. The summed E-state index contributed by atoms with van der Waals surface area (Å²) in [4.78, 5) is 26.0. The second kappa shape index (κ2) is 9.44. The number of hydrogen-bond donors (Lipinski definition) is 1. The highest BCUT2D eigenvalue weighted by Gasteiger charge is 2.23. The molecule has 0 aliphatic carbocycles. The maximum absolute atomic E-state index is 12.0. The molecule has 5 nitrogen and oxygen atoms in total. The van der Waals surface area contributed by atoms with Crippen LogP contribution in [-0.4, -0.2) is 42.5 Å². The third kappa shape index (κ3) is 6.07. The Labute approximate surface area is 150 Å². The SMILES string of the molecule is CCCC(=O)N1CCC[C@H](COc2ccc(C(=O)NC(C)C)cc2)C1. The summed E-state index contributed by atoms with van der Waals surface area (Å²) in [5.74, 6) is 1.32. The highest BCUT2D eigenvalue weighted by molar-refractivity contribution is 5.94. The van der Waals surface area contributed by atoms with Crippen molar-refractivity contribution < 1.29 is 14.3 Å². The topological polar surface area (TPSA) is 58.6 Å². The van der Waals surface area contributed by atoms with Crippen LogP contribution in [0.2, 0.25) is 0 Å². The summed E-state index contributed by atoms with van der Waals surface area (Å²) in [6, 6.07) is 7.35. The molecule has 1 aliphatic heterocycles. The number of hydrogen-bond acceptors (Lipinski definition) is 3. The summed E-state index contributed by atoms with van der Waals surface area (Å²) < 4.78 is 5.88. The van der Waals surface area contributed by atoms with E-state index in [1.54, 1.807) is 12.1 Å². The van der Waals surface area contributed by atoms with E-state index in [1.807, 2.05) is 37.8 Å². The van der Waals surface area contributed by atoms with Gasteiger partial charge < -0.3 is 15.0 Å². The number of carbonyl (C=O) groups excluding carboxylic acids is 2. The van der Waals surface area contributed by atoms with Gasteiger partial charge in [0.25, 0.3) is 5.91 Å². The molecule has 0 unspecified atom stereocenters. The van der Waals surface area contributed by atoms with Crippen LogP contribution in [0.3, 0.4) is 0 Å². The summed E-state index contributed by atoms with van der Waals surface area (Å²) in [6.07, 6.45) is 3.66. The van der Waals surface area contributed by atoms with Crippen molar-refractivity contribution in [2.45, 2.75) is 52.5 Å². The highest BCUT2D eigenvalue weighted by atomic mass is 16.5. The molecular formula is C20H30N2O3. The molecule has 138 valence electrons. The highest BCUT2D eigenvalue weighted by Crippen LogP contribution is 2.20. The van der Waals surface area contributed by atoms with Gasteiger partial charge in [-0.1, -0.05) is 6.92 Å². The molecule has 25 heavy (non-hydrogen) atoms. The van der Waals surface area contributed by atoms with Gasteiger partial charge in [0.05, 0.1) is 6.61 Å². The van der Waals surface area contributed by atoms with Gasteiger partial charge in [-0.05, 0) is 57.4 Å². The first-order valence-corrected chi connectivity index (χ1v) is 9.31. The molecule has 1 aromatic rings. The van der Waals surface area contributed by atoms with Crippen LogP contribution in [0.1, 0.15) is 56.8 Å². The van der Waals surface area contributed by atoms with Gasteiger partial charge in [0.1, 0.15) is 5.75 Å². The molecule has 1 fully saturated rings. The molecule has 0 aromatic heterocycles. The fourth-order valence-electron chi connectivity index (χ4n) is 3.06. The van der Waals surface area contributed by atoms with E-state index in [2.05, 4.69) is 5.32 Å². The van der Waals surface area contributed by atoms with Crippen LogP contribution in [0, 0.1) is 5.92 Å². The van der Waals surface area contributed by atoms with Crippen molar-refractivity contribution in [2.75, 3.05) is 19.7 Å². The predicted octanol–water partition coefficient (Wildman–Crippen LogP) is 3.24. The summed E-state index contributed by atoms with van der Waals surface area (Å²) >= 11 is 0. The summed E-state index contributed by atoms with van der Waals surface area (Å²) in [7, 11) is 0. The van der Waals surface area contributed by atoms with Gasteiger partial charge in [-0.25, -0.2) is 0 Å². The van der Waals surface area contributed by atoms with Crippen LogP contribution in [0.5, 0.6) is 5.75 Å². The first-order valence-electron chi connectivity index (χ1n) is 9.31. The number of amides is 2. The predicted molar refractivity (Wildman–Crippen MR) is 98.8 cm³/mol. The minimum Gasteiger partial charge on any atom is -0.493 e. The Morgan fingerprint density at radius 1 is 1.28 bits per heavy atom.